The Morgan fingerprint density at radius 3 is 2.55 bits per heavy atom. The van der Waals surface area contributed by atoms with Crippen LogP contribution < -0.4 is 14.5 Å². The maximum absolute atomic E-state index is 14.1. The van der Waals surface area contributed by atoms with E-state index in [1.54, 1.807) is 35.2 Å². The van der Waals surface area contributed by atoms with Crippen molar-refractivity contribution < 1.29 is 18.8 Å². The van der Waals surface area contributed by atoms with Gasteiger partial charge in [-0.1, -0.05) is 17.4 Å². The Labute approximate surface area is 174 Å². The molecule has 0 bridgehead atoms. The first-order chi connectivity index (χ1) is 13.8. The number of thiazole rings is 1. The molecule has 1 amide bonds. The average Bonchev–Trinajstić information content (AvgIpc) is 3.10. The summed E-state index contributed by atoms with van der Waals surface area (Å²) >= 11 is 1.34. The van der Waals surface area contributed by atoms with E-state index >= 15 is 0 Å². The van der Waals surface area contributed by atoms with Gasteiger partial charge in [-0.3, -0.25) is 9.69 Å². The standard InChI is InChI=1S/C22H26FN3O2S/c1-15(2)28-17-11-9-16(10-12-17)21(27)26(14-6-13-25(3)4)22-24-20-18(23)7-5-8-19(20)29-22/h5,7-12,15H,6,13-14H2,1-4H3/p+1. The lowest BCUT2D eigenvalue weighted by Gasteiger charge is -2.20. The van der Waals surface area contributed by atoms with E-state index in [-0.39, 0.29) is 17.8 Å². The number of hydrogen-bond acceptors (Lipinski definition) is 4. The molecule has 5 nitrogen and oxygen atoms in total. The summed E-state index contributed by atoms with van der Waals surface area (Å²) < 4.78 is 20.5. The molecule has 0 aliphatic carbocycles. The van der Waals surface area contributed by atoms with Crippen LogP contribution in [0.1, 0.15) is 30.6 Å². The van der Waals surface area contributed by atoms with Crippen molar-refractivity contribution in [3.05, 3.63) is 53.8 Å². The minimum atomic E-state index is -0.370. The Balaban J connectivity index is 1.89. The first kappa shape index (κ1) is 21.2. The zero-order chi connectivity index (χ0) is 21.0. The smallest absolute Gasteiger partial charge is 0.260 e. The molecule has 29 heavy (non-hydrogen) atoms. The first-order valence-corrected chi connectivity index (χ1v) is 10.6. The Morgan fingerprint density at radius 1 is 1.21 bits per heavy atom. The normalized spacial score (nSPS) is 11.4. The molecule has 0 atom stereocenters. The van der Waals surface area contributed by atoms with Crippen molar-refractivity contribution in [3.8, 4) is 5.75 Å². The SMILES string of the molecule is CC(C)Oc1ccc(C(=O)N(CCC[NH+](C)C)c2nc3c(F)cccc3s2)cc1. The van der Waals surface area contributed by atoms with Crippen LogP contribution in [0.25, 0.3) is 10.2 Å². The summed E-state index contributed by atoms with van der Waals surface area (Å²) in [5, 5.41) is 0.520. The van der Waals surface area contributed by atoms with Crippen LogP contribution in [-0.2, 0) is 0 Å². The third-order valence-corrected chi connectivity index (χ3v) is 5.41. The summed E-state index contributed by atoms with van der Waals surface area (Å²) in [4.78, 5) is 20.7. The quantitative estimate of drug-likeness (QED) is 0.612. The van der Waals surface area contributed by atoms with Crippen LogP contribution in [0.5, 0.6) is 5.75 Å². The minimum Gasteiger partial charge on any atom is -0.491 e. The first-order valence-electron chi connectivity index (χ1n) is 9.78. The molecule has 0 saturated carbocycles. The topological polar surface area (TPSA) is 46.9 Å². The maximum atomic E-state index is 14.1. The Morgan fingerprint density at radius 2 is 1.93 bits per heavy atom. The average molecular weight is 417 g/mol. The van der Waals surface area contributed by atoms with E-state index in [1.165, 1.54) is 22.3 Å². The Bertz CT molecular complexity index is 970. The second kappa shape index (κ2) is 9.33. The number of amides is 1. The lowest BCUT2D eigenvalue weighted by Crippen LogP contribution is -3.05. The maximum Gasteiger partial charge on any atom is 0.260 e. The van der Waals surface area contributed by atoms with E-state index in [2.05, 4.69) is 19.1 Å². The number of para-hydroxylation sites is 1. The van der Waals surface area contributed by atoms with Crippen molar-refractivity contribution in [2.45, 2.75) is 26.4 Å². The second-order valence-electron chi connectivity index (χ2n) is 7.54. The lowest BCUT2D eigenvalue weighted by molar-refractivity contribution is -0.858. The number of fused-ring (bicyclic) bond motifs is 1. The van der Waals surface area contributed by atoms with Crippen molar-refractivity contribution in [3.63, 3.8) is 0 Å². The van der Waals surface area contributed by atoms with Gasteiger partial charge >= 0.3 is 0 Å². The summed E-state index contributed by atoms with van der Waals surface area (Å²) in [6, 6.07) is 12.0. The second-order valence-corrected chi connectivity index (χ2v) is 8.55. The number of hydrogen-bond donors (Lipinski definition) is 1. The molecule has 3 rings (SSSR count). The van der Waals surface area contributed by atoms with Crippen molar-refractivity contribution >= 4 is 32.6 Å². The summed E-state index contributed by atoms with van der Waals surface area (Å²) in [7, 11) is 4.15. The van der Waals surface area contributed by atoms with Crippen molar-refractivity contribution in [2.24, 2.45) is 0 Å². The third-order valence-electron chi connectivity index (χ3n) is 4.37. The molecule has 3 aromatic rings. The summed E-state index contributed by atoms with van der Waals surface area (Å²) in [6.07, 6.45) is 0.889. The van der Waals surface area contributed by atoms with E-state index in [0.29, 0.717) is 22.8 Å². The number of carbonyl (C=O) groups is 1. The number of aromatic nitrogens is 1. The molecular weight excluding hydrogens is 389 g/mol. The molecule has 0 fully saturated rings. The summed E-state index contributed by atoms with van der Waals surface area (Å²) in [5.41, 5.74) is 0.863. The van der Waals surface area contributed by atoms with Gasteiger partial charge in [0.05, 0.1) is 31.4 Å². The molecule has 7 heteroatoms. The van der Waals surface area contributed by atoms with Crippen molar-refractivity contribution in [1.29, 1.82) is 0 Å². The van der Waals surface area contributed by atoms with Crippen molar-refractivity contribution in [1.82, 2.24) is 4.98 Å². The van der Waals surface area contributed by atoms with Crippen LogP contribution >= 0.6 is 11.3 Å². The van der Waals surface area contributed by atoms with Crippen molar-refractivity contribution in [2.75, 3.05) is 32.1 Å². The van der Waals surface area contributed by atoms with Gasteiger partial charge in [-0.05, 0) is 50.2 Å². The monoisotopic (exact) mass is 416 g/mol. The van der Waals surface area contributed by atoms with Crippen LogP contribution in [0.3, 0.4) is 0 Å². The van der Waals surface area contributed by atoms with E-state index < -0.39 is 0 Å². The fraction of sp³-hybridized carbons (Fsp3) is 0.364. The molecule has 0 saturated heterocycles. The number of benzene rings is 2. The Hall–Kier alpha value is -2.51. The van der Waals surface area contributed by atoms with Gasteiger partial charge in [0, 0.05) is 18.5 Å². The molecule has 0 unspecified atom stereocenters. The van der Waals surface area contributed by atoms with Gasteiger partial charge in [0.1, 0.15) is 17.1 Å². The van der Waals surface area contributed by atoms with Gasteiger partial charge in [-0.2, -0.15) is 0 Å². The number of nitrogens with zero attached hydrogens (tertiary/aromatic N) is 2. The van der Waals surface area contributed by atoms with E-state index in [9.17, 15) is 9.18 Å². The zero-order valence-electron chi connectivity index (χ0n) is 17.2. The number of quaternary nitrogens is 1. The molecule has 2 aromatic carbocycles. The zero-order valence-corrected chi connectivity index (χ0v) is 18.1. The Kier molecular flexibility index (Phi) is 6.82. The van der Waals surface area contributed by atoms with Gasteiger partial charge in [0.2, 0.25) is 0 Å². The fourth-order valence-electron chi connectivity index (χ4n) is 3.00. The number of nitrogens with one attached hydrogen (secondary N) is 1. The van der Waals surface area contributed by atoms with Crippen LogP contribution in [-0.4, -0.2) is 44.2 Å². The highest BCUT2D eigenvalue weighted by Crippen LogP contribution is 2.31. The molecular formula is C22H27FN3O2S+. The van der Waals surface area contributed by atoms with Crippen LogP contribution in [0.4, 0.5) is 9.52 Å². The predicted octanol–water partition coefficient (Wildman–Crippen LogP) is 3.40. The summed E-state index contributed by atoms with van der Waals surface area (Å²) in [5.74, 6) is 0.209. The number of halogens is 1. The van der Waals surface area contributed by atoms with Crippen LogP contribution in [0, 0.1) is 5.82 Å². The molecule has 0 spiro atoms. The fourth-order valence-corrected chi connectivity index (χ4v) is 4.00. The molecule has 1 N–H and O–H groups in total. The van der Waals surface area contributed by atoms with Gasteiger partial charge in [0.25, 0.3) is 5.91 Å². The highest BCUT2D eigenvalue weighted by atomic mass is 32.1. The number of ether oxygens (including phenoxy) is 1. The van der Waals surface area contributed by atoms with E-state index in [1.807, 2.05) is 19.9 Å². The number of rotatable bonds is 8. The van der Waals surface area contributed by atoms with Gasteiger partial charge in [0.15, 0.2) is 5.13 Å². The third kappa shape index (κ3) is 5.31. The minimum absolute atomic E-state index is 0.0687. The number of carbonyl (C=O) groups excluding carboxylic acids is 1. The van der Waals surface area contributed by atoms with Crippen LogP contribution in [0.2, 0.25) is 0 Å². The van der Waals surface area contributed by atoms with Gasteiger partial charge in [-0.25, -0.2) is 9.37 Å². The van der Waals surface area contributed by atoms with E-state index in [4.69, 9.17) is 4.74 Å². The van der Waals surface area contributed by atoms with Gasteiger partial charge in [-0.15, -0.1) is 0 Å². The predicted molar refractivity (Wildman–Crippen MR) is 116 cm³/mol. The molecule has 0 aliphatic heterocycles. The van der Waals surface area contributed by atoms with E-state index in [0.717, 1.165) is 23.4 Å². The number of anilines is 1. The molecule has 154 valence electrons. The molecule has 1 heterocycles. The van der Waals surface area contributed by atoms with Crippen LogP contribution in [0.15, 0.2) is 42.5 Å². The molecule has 0 aliphatic rings. The lowest BCUT2D eigenvalue weighted by atomic mass is 10.2. The largest absolute Gasteiger partial charge is 0.491 e. The summed E-state index contributed by atoms with van der Waals surface area (Å²) in [6.45, 7) is 5.36. The highest BCUT2D eigenvalue weighted by molar-refractivity contribution is 7.22. The molecule has 0 radical (unpaired) electrons. The molecule has 1 aromatic heterocycles. The highest BCUT2D eigenvalue weighted by Gasteiger charge is 2.22. The van der Waals surface area contributed by atoms with Gasteiger partial charge < -0.3 is 9.64 Å².